The number of aliphatic hydroxyl groups excluding tert-OH is 1. The van der Waals surface area contributed by atoms with Crippen LogP contribution in [0.4, 0.5) is 5.13 Å². The van der Waals surface area contributed by atoms with Gasteiger partial charge < -0.3 is 14.6 Å². The molecule has 1 N–H and O–H groups in total. The summed E-state index contributed by atoms with van der Waals surface area (Å²) in [5.41, 5.74) is 4.17. The molecular formula is C35H28ClN3O5S2. The Kier molecular flexibility index (Phi) is 9.39. The van der Waals surface area contributed by atoms with Crippen LogP contribution in [0.1, 0.15) is 33.9 Å². The summed E-state index contributed by atoms with van der Waals surface area (Å²) in [4.78, 5) is 28.5. The second kappa shape index (κ2) is 13.8. The number of aliphatic hydroxyl groups is 1. The van der Waals surface area contributed by atoms with Crippen LogP contribution in [0, 0.1) is 6.92 Å². The number of anilines is 1. The van der Waals surface area contributed by atoms with Crippen molar-refractivity contribution in [1.82, 2.24) is 10.2 Å². The number of aryl methyl sites for hydroxylation is 1. The van der Waals surface area contributed by atoms with Crippen LogP contribution in [0.2, 0.25) is 5.02 Å². The van der Waals surface area contributed by atoms with E-state index in [9.17, 15) is 14.7 Å². The Bertz CT molecular complexity index is 1910. The monoisotopic (exact) mass is 669 g/mol. The number of amides is 1. The van der Waals surface area contributed by atoms with E-state index in [1.165, 1.54) is 28.0 Å². The molecule has 1 aromatic heterocycles. The SMILES string of the molecule is COc1ccc(C2C(=C(O)c3ccc(OCc4ccccc4C)cc3)C(=O)C(=O)N2c2nnc(SCc3ccc(Cl)cc3)s2)cc1. The van der Waals surface area contributed by atoms with Crippen LogP contribution >= 0.6 is 34.7 Å². The molecule has 1 aliphatic rings. The van der Waals surface area contributed by atoms with Crippen molar-refractivity contribution in [3.05, 3.63) is 135 Å². The Hall–Kier alpha value is -4.64. The number of benzene rings is 4. The van der Waals surface area contributed by atoms with Gasteiger partial charge in [0, 0.05) is 16.3 Å². The van der Waals surface area contributed by atoms with Crippen LogP contribution < -0.4 is 14.4 Å². The normalized spacial score (nSPS) is 15.7. The molecule has 0 radical (unpaired) electrons. The van der Waals surface area contributed by atoms with E-state index in [1.807, 2.05) is 55.5 Å². The first-order valence-electron chi connectivity index (χ1n) is 14.3. The van der Waals surface area contributed by atoms with Gasteiger partial charge in [-0.3, -0.25) is 14.5 Å². The smallest absolute Gasteiger partial charge is 0.301 e. The highest BCUT2D eigenvalue weighted by Gasteiger charge is 2.48. The van der Waals surface area contributed by atoms with Gasteiger partial charge in [0.2, 0.25) is 5.13 Å². The molecule has 0 spiro atoms. The van der Waals surface area contributed by atoms with Gasteiger partial charge in [-0.05, 0) is 77.7 Å². The molecule has 232 valence electrons. The second-order valence-electron chi connectivity index (χ2n) is 10.4. The molecule has 11 heteroatoms. The Balaban J connectivity index is 1.30. The van der Waals surface area contributed by atoms with Crippen molar-refractivity contribution >= 4 is 57.3 Å². The van der Waals surface area contributed by atoms with Crippen molar-refractivity contribution in [3.8, 4) is 11.5 Å². The molecule has 1 unspecified atom stereocenters. The van der Waals surface area contributed by atoms with Gasteiger partial charge in [0.05, 0.1) is 18.7 Å². The Morgan fingerprint density at radius 1 is 0.935 bits per heavy atom. The fourth-order valence-electron chi connectivity index (χ4n) is 5.01. The quantitative estimate of drug-likeness (QED) is 0.0525. The molecule has 1 saturated heterocycles. The average molecular weight is 670 g/mol. The fourth-order valence-corrected chi connectivity index (χ4v) is 6.96. The number of rotatable bonds is 10. The first-order valence-corrected chi connectivity index (χ1v) is 16.4. The number of ether oxygens (including phenoxy) is 2. The number of thioether (sulfide) groups is 1. The van der Waals surface area contributed by atoms with E-state index in [0.29, 0.717) is 44.3 Å². The topological polar surface area (TPSA) is 102 Å². The molecule has 6 rings (SSSR count). The number of carbonyl (C=O) groups is 2. The highest BCUT2D eigenvalue weighted by atomic mass is 35.5. The highest BCUT2D eigenvalue weighted by Crippen LogP contribution is 2.44. The van der Waals surface area contributed by atoms with E-state index in [4.69, 9.17) is 21.1 Å². The van der Waals surface area contributed by atoms with Crippen molar-refractivity contribution in [2.24, 2.45) is 0 Å². The number of carbonyl (C=O) groups excluding carboxylic acids is 2. The molecule has 0 saturated carbocycles. The van der Waals surface area contributed by atoms with Gasteiger partial charge >= 0.3 is 5.91 Å². The summed E-state index contributed by atoms with van der Waals surface area (Å²) in [7, 11) is 1.56. The van der Waals surface area contributed by atoms with E-state index in [1.54, 1.807) is 55.6 Å². The molecule has 8 nitrogen and oxygen atoms in total. The van der Waals surface area contributed by atoms with Crippen LogP contribution in [-0.2, 0) is 21.9 Å². The van der Waals surface area contributed by atoms with Crippen LogP contribution in [0.5, 0.6) is 11.5 Å². The first kappa shape index (κ1) is 31.3. The average Bonchev–Trinajstić information content (AvgIpc) is 3.65. The predicted molar refractivity (Wildman–Crippen MR) is 181 cm³/mol. The maximum atomic E-state index is 13.6. The van der Waals surface area contributed by atoms with Crippen LogP contribution in [0.15, 0.2) is 107 Å². The lowest BCUT2D eigenvalue weighted by Gasteiger charge is -2.22. The lowest BCUT2D eigenvalue weighted by atomic mass is 9.95. The zero-order chi connectivity index (χ0) is 32.2. The molecule has 0 aliphatic carbocycles. The summed E-state index contributed by atoms with van der Waals surface area (Å²) in [6, 6.07) is 28.3. The standard InChI is InChI=1S/C35H28ClN3O5S2/c1-21-5-3-4-6-25(21)19-44-28-17-11-24(12-18-28)31(40)29-30(23-9-15-27(43-2)16-10-23)39(33(42)32(29)41)34-37-38-35(46-34)45-20-22-7-13-26(36)14-8-22/h3-18,30,40H,19-20H2,1-2H3. The first-order chi connectivity index (χ1) is 22.3. The van der Waals surface area contributed by atoms with Crippen molar-refractivity contribution in [2.75, 3.05) is 12.0 Å². The minimum absolute atomic E-state index is 0.0469. The molecule has 1 amide bonds. The summed E-state index contributed by atoms with van der Waals surface area (Å²) in [6.07, 6.45) is 0. The van der Waals surface area contributed by atoms with Gasteiger partial charge in [-0.25, -0.2) is 0 Å². The lowest BCUT2D eigenvalue weighted by Crippen LogP contribution is -2.29. The van der Waals surface area contributed by atoms with E-state index >= 15 is 0 Å². The van der Waals surface area contributed by atoms with Crippen LogP contribution in [0.3, 0.4) is 0 Å². The van der Waals surface area contributed by atoms with Gasteiger partial charge in [-0.15, -0.1) is 10.2 Å². The van der Waals surface area contributed by atoms with E-state index in [2.05, 4.69) is 10.2 Å². The number of Topliss-reactive ketones (excluding diaryl/α,β-unsaturated/α-hetero) is 1. The van der Waals surface area contributed by atoms with Crippen molar-refractivity contribution in [3.63, 3.8) is 0 Å². The minimum Gasteiger partial charge on any atom is -0.507 e. The zero-order valence-corrected chi connectivity index (χ0v) is 27.2. The third-order valence-corrected chi connectivity index (χ3v) is 9.92. The molecule has 1 atom stereocenters. The molecule has 4 aromatic carbocycles. The molecule has 46 heavy (non-hydrogen) atoms. The summed E-state index contributed by atoms with van der Waals surface area (Å²) < 4.78 is 11.9. The predicted octanol–water partition coefficient (Wildman–Crippen LogP) is 8.01. The van der Waals surface area contributed by atoms with E-state index in [0.717, 1.165) is 16.7 Å². The minimum atomic E-state index is -0.940. The number of hydrogen-bond donors (Lipinski definition) is 1. The number of nitrogens with zero attached hydrogens (tertiary/aromatic N) is 3. The third-order valence-electron chi connectivity index (χ3n) is 7.54. The maximum absolute atomic E-state index is 13.6. The maximum Gasteiger partial charge on any atom is 0.301 e. The van der Waals surface area contributed by atoms with E-state index < -0.39 is 17.7 Å². The molecule has 0 bridgehead atoms. The van der Waals surface area contributed by atoms with Gasteiger partial charge in [0.1, 0.15) is 23.9 Å². The second-order valence-corrected chi connectivity index (χ2v) is 13.1. The number of methoxy groups -OCH3 is 1. The highest BCUT2D eigenvalue weighted by molar-refractivity contribution is 8.00. The van der Waals surface area contributed by atoms with Gasteiger partial charge in [-0.2, -0.15) is 0 Å². The molecule has 5 aromatic rings. The number of halogens is 1. The molecule has 2 heterocycles. The van der Waals surface area contributed by atoms with Gasteiger partial charge in [0.25, 0.3) is 5.78 Å². The van der Waals surface area contributed by atoms with Crippen molar-refractivity contribution in [2.45, 2.75) is 29.7 Å². The Labute approximate surface area is 279 Å². The number of hydrogen-bond acceptors (Lipinski definition) is 9. The summed E-state index contributed by atoms with van der Waals surface area (Å²) in [6.45, 7) is 2.42. The Morgan fingerprint density at radius 2 is 1.63 bits per heavy atom. The van der Waals surface area contributed by atoms with Crippen molar-refractivity contribution in [1.29, 1.82) is 0 Å². The Morgan fingerprint density at radius 3 is 2.33 bits per heavy atom. The zero-order valence-electron chi connectivity index (χ0n) is 24.8. The van der Waals surface area contributed by atoms with Crippen LogP contribution in [0.25, 0.3) is 5.76 Å². The third kappa shape index (κ3) is 6.64. The summed E-state index contributed by atoms with van der Waals surface area (Å²) in [5, 5.41) is 21.0. The fraction of sp³-hybridized carbons (Fsp3) is 0.143. The summed E-state index contributed by atoms with van der Waals surface area (Å²) in [5.74, 6) is -0.0797. The van der Waals surface area contributed by atoms with E-state index in [-0.39, 0.29) is 16.5 Å². The lowest BCUT2D eigenvalue weighted by molar-refractivity contribution is -0.132. The van der Waals surface area contributed by atoms with Gasteiger partial charge in [0.15, 0.2) is 4.34 Å². The summed E-state index contributed by atoms with van der Waals surface area (Å²) >= 11 is 8.67. The molecule has 1 fully saturated rings. The van der Waals surface area contributed by atoms with Crippen molar-refractivity contribution < 1.29 is 24.2 Å². The van der Waals surface area contributed by atoms with Gasteiger partial charge in [-0.1, -0.05) is 83.2 Å². The molecule has 1 aliphatic heterocycles. The van der Waals surface area contributed by atoms with Crippen LogP contribution in [-0.4, -0.2) is 34.1 Å². The number of aromatic nitrogens is 2. The largest absolute Gasteiger partial charge is 0.507 e. The number of ketones is 1. The molecular weight excluding hydrogens is 642 g/mol.